The lowest BCUT2D eigenvalue weighted by atomic mass is 10.1. The Kier molecular flexibility index (Phi) is 10.8. The normalized spacial score (nSPS) is 12.8. The summed E-state index contributed by atoms with van der Waals surface area (Å²) < 4.78 is 78.1. The first-order valence-corrected chi connectivity index (χ1v) is 14.4. The third kappa shape index (κ3) is 9.06. The zero-order valence-corrected chi connectivity index (χ0v) is 24.8. The number of sulfonamides is 1. The molecule has 0 saturated carbocycles. The number of carbonyl (C=O) groups excluding carboxylic acids is 2. The molecular formula is C26H29F3N6O8S. The molecule has 0 aliphatic carbocycles. The molecule has 1 amide bonds. The van der Waals surface area contributed by atoms with Crippen molar-refractivity contribution in [2.45, 2.75) is 45.1 Å². The fourth-order valence-electron chi connectivity index (χ4n) is 3.63. The predicted octanol–water partition coefficient (Wildman–Crippen LogP) is 4.32. The summed E-state index contributed by atoms with van der Waals surface area (Å²) in [6, 6.07) is 12.3. The number of halogens is 3. The lowest BCUT2D eigenvalue weighted by molar-refractivity contribution is -0.712. The van der Waals surface area contributed by atoms with Gasteiger partial charge in [0, 0.05) is 19.4 Å². The minimum Gasteiger partial charge on any atom is -0.569 e. The van der Waals surface area contributed by atoms with Crippen LogP contribution in [-0.2, 0) is 35.3 Å². The molecule has 14 nitrogen and oxygen atoms in total. The van der Waals surface area contributed by atoms with Gasteiger partial charge in [0.25, 0.3) is 16.3 Å². The zero-order chi connectivity index (χ0) is 32.7. The summed E-state index contributed by atoms with van der Waals surface area (Å²) in [5.41, 5.74) is 0.494. The van der Waals surface area contributed by atoms with Crippen LogP contribution in [0.25, 0.3) is 16.9 Å². The summed E-state index contributed by atoms with van der Waals surface area (Å²) >= 11 is 0. The number of nitrogens with zero attached hydrogens (tertiary/aromatic N) is 5. The Bertz CT molecular complexity index is 1590. The Labute approximate surface area is 250 Å². The zero-order valence-electron chi connectivity index (χ0n) is 23.9. The molecule has 0 saturated heterocycles. The number of aryl methyl sites for hydroxylation is 1. The van der Waals surface area contributed by atoms with Gasteiger partial charge >= 0.3 is 18.2 Å². The molecule has 1 unspecified atom stereocenters. The molecule has 3 aromatic rings. The van der Waals surface area contributed by atoms with Crippen LogP contribution < -0.4 is 4.72 Å². The van der Waals surface area contributed by atoms with Gasteiger partial charge in [-0.05, 0) is 44.2 Å². The number of carbonyl (C=O) groups is 2. The van der Waals surface area contributed by atoms with Crippen molar-refractivity contribution in [3.63, 3.8) is 0 Å². The number of hydrogen-bond donors (Lipinski definition) is 1. The Hall–Kier alpha value is -4.87. The van der Waals surface area contributed by atoms with Crippen molar-refractivity contribution in [3.05, 3.63) is 71.1 Å². The standard InChI is InChI=1S/C26H29F3N6O8S/c1-5-33(35(38)32-43-19(4)42-18(3)36)14-15-41-25(37)31-44(39,40)22-12-10-21(11-13-22)34-23(16-24(30-34)26(27,28)29)20-8-6-17(2)7-9-20/h6-13,16,19H,5,14-15H2,1-4H3,(H,31,37). The first kappa shape index (κ1) is 33.6. The van der Waals surface area contributed by atoms with Crippen molar-refractivity contribution in [1.29, 1.82) is 0 Å². The lowest BCUT2D eigenvalue weighted by Gasteiger charge is -2.17. The Balaban J connectivity index is 1.66. The van der Waals surface area contributed by atoms with E-state index in [1.54, 1.807) is 35.9 Å². The molecule has 1 N–H and O–H groups in total. The van der Waals surface area contributed by atoms with Crippen LogP contribution in [0.15, 0.2) is 64.8 Å². The molecule has 1 aromatic heterocycles. The van der Waals surface area contributed by atoms with Gasteiger partial charge < -0.3 is 14.7 Å². The van der Waals surface area contributed by atoms with Crippen molar-refractivity contribution in [2.75, 3.05) is 19.7 Å². The summed E-state index contributed by atoms with van der Waals surface area (Å²) in [7, 11) is -4.44. The van der Waals surface area contributed by atoms with Crippen molar-refractivity contribution in [1.82, 2.24) is 19.5 Å². The van der Waals surface area contributed by atoms with E-state index in [2.05, 4.69) is 15.1 Å². The number of hydrogen-bond acceptors (Lipinski definition) is 10. The van der Waals surface area contributed by atoms with Crippen molar-refractivity contribution < 1.29 is 50.5 Å². The molecule has 1 atom stereocenters. The molecule has 1 heterocycles. The van der Waals surface area contributed by atoms with E-state index in [0.717, 1.165) is 40.4 Å². The molecular weight excluding hydrogens is 613 g/mol. The van der Waals surface area contributed by atoms with E-state index in [1.165, 1.54) is 19.1 Å². The topological polar surface area (TPSA) is 167 Å². The number of aromatic nitrogens is 2. The van der Waals surface area contributed by atoms with Gasteiger partial charge in [-0.15, -0.1) is 5.01 Å². The van der Waals surface area contributed by atoms with Gasteiger partial charge in [-0.1, -0.05) is 29.8 Å². The van der Waals surface area contributed by atoms with Gasteiger partial charge in [0.2, 0.25) is 5.28 Å². The highest BCUT2D eigenvalue weighted by Gasteiger charge is 2.35. The number of alkyl halides is 3. The largest absolute Gasteiger partial charge is 0.569 e. The first-order chi connectivity index (χ1) is 20.6. The van der Waals surface area contributed by atoms with Gasteiger partial charge in [0.1, 0.15) is 13.2 Å². The van der Waals surface area contributed by atoms with Crippen molar-refractivity contribution >= 4 is 22.1 Å². The molecule has 2 aromatic carbocycles. The monoisotopic (exact) mass is 642 g/mol. The maximum Gasteiger partial charge on any atom is 0.435 e. The fraction of sp³-hybridized carbons (Fsp3) is 0.346. The molecule has 0 aliphatic rings. The fourth-order valence-corrected chi connectivity index (χ4v) is 4.52. The molecule has 3 rings (SSSR count). The van der Waals surface area contributed by atoms with E-state index < -0.39 is 46.9 Å². The van der Waals surface area contributed by atoms with Crippen molar-refractivity contribution in [2.24, 2.45) is 5.28 Å². The smallest absolute Gasteiger partial charge is 0.435 e. The summed E-state index contributed by atoms with van der Waals surface area (Å²) in [4.78, 5) is 27.4. The van der Waals surface area contributed by atoms with Crippen LogP contribution in [0.2, 0.25) is 0 Å². The third-order valence-corrected chi connectivity index (χ3v) is 7.07. The molecule has 44 heavy (non-hydrogen) atoms. The summed E-state index contributed by atoms with van der Waals surface area (Å²) in [5, 5.41) is 20.0. The molecule has 0 spiro atoms. The van der Waals surface area contributed by atoms with Gasteiger partial charge in [-0.3, -0.25) is 9.63 Å². The molecule has 18 heteroatoms. The van der Waals surface area contributed by atoms with Crippen LogP contribution in [0.1, 0.15) is 32.0 Å². The van der Waals surface area contributed by atoms with Crippen molar-refractivity contribution in [3.8, 4) is 16.9 Å². The molecule has 0 aliphatic heterocycles. The third-order valence-electron chi connectivity index (χ3n) is 5.74. The average molecular weight is 643 g/mol. The van der Waals surface area contributed by atoms with E-state index in [9.17, 15) is 36.4 Å². The van der Waals surface area contributed by atoms with E-state index in [-0.39, 0.29) is 34.3 Å². The predicted molar refractivity (Wildman–Crippen MR) is 146 cm³/mol. The molecule has 0 bridgehead atoms. The second-order valence-corrected chi connectivity index (χ2v) is 10.8. The summed E-state index contributed by atoms with van der Waals surface area (Å²) in [6.45, 7) is 5.36. The van der Waals surface area contributed by atoms with Crippen LogP contribution in [0.3, 0.4) is 0 Å². The van der Waals surface area contributed by atoms with Crippen LogP contribution in [0.4, 0.5) is 18.0 Å². The van der Waals surface area contributed by atoms with Gasteiger partial charge in [-0.2, -0.15) is 18.3 Å². The highest BCUT2D eigenvalue weighted by atomic mass is 32.2. The molecule has 0 fully saturated rings. The number of rotatable bonds is 12. The Morgan fingerprint density at radius 1 is 1.16 bits per heavy atom. The molecule has 0 radical (unpaired) electrons. The number of nitrogens with one attached hydrogen (secondary N) is 1. The second kappa shape index (κ2) is 14.1. The maximum absolute atomic E-state index is 13.5. The van der Waals surface area contributed by atoms with Crippen LogP contribution in [-0.4, -0.2) is 66.2 Å². The van der Waals surface area contributed by atoms with E-state index in [4.69, 9.17) is 9.57 Å². The second-order valence-electron chi connectivity index (χ2n) is 9.09. The first-order valence-electron chi connectivity index (χ1n) is 12.9. The number of amides is 1. The number of ether oxygens (including phenoxy) is 2. The van der Waals surface area contributed by atoms with Crippen LogP contribution in [0, 0.1) is 12.1 Å². The SMILES string of the molecule is CCN(CCOC(=O)NS(=O)(=O)c1ccc(-n2nc(C(F)(F)F)cc2-c2ccc(C)cc2)cc1)[N+]([O-])=NOC(C)OC(C)=O. The maximum atomic E-state index is 13.5. The van der Waals surface area contributed by atoms with Gasteiger partial charge in [-0.25, -0.2) is 22.6 Å². The quantitative estimate of drug-likeness (QED) is 0.0988. The Morgan fingerprint density at radius 3 is 2.36 bits per heavy atom. The highest BCUT2D eigenvalue weighted by Crippen LogP contribution is 2.33. The van der Waals surface area contributed by atoms with Gasteiger partial charge in [0.15, 0.2) is 5.69 Å². The van der Waals surface area contributed by atoms with E-state index in [0.29, 0.717) is 5.56 Å². The number of benzene rings is 2. The number of hydrazine groups is 1. The minimum absolute atomic E-state index is 0.0427. The average Bonchev–Trinajstić information content (AvgIpc) is 3.40. The van der Waals surface area contributed by atoms with Crippen LogP contribution in [0.5, 0.6) is 0 Å². The summed E-state index contributed by atoms with van der Waals surface area (Å²) in [6.07, 6.45) is -7.19. The Morgan fingerprint density at radius 2 is 1.80 bits per heavy atom. The number of likely N-dealkylation sites (N-methyl/N-ethyl adjacent to an activating group) is 1. The van der Waals surface area contributed by atoms with E-state index in [1.807, 2.05) is 6.92 Å². The number of esters is 1. The van der Waals surface area contributed by atoms with Crippen LogP contribution >= 0.6 is 0 Å². The lowest BCUT2D eigenvalue weighted by Crippen LogP contribution is -2.37. The van der Waals surface area contributed by atoms with E-state index >= 15 is 0 Å². The minimum atomic E-state index is -4.72. The van der Waals surface area contributed by atoms with Gasteiger partial charge in [0.05, 0.1) is 27.8 Å². The summed E-state index contributed by atoms with van der Waals surface area (Å²) in [5.74, 6) is -0.646. The highest BCUT2D eigenvalue weighted by molar-refractivity contribution is 7.90. The molecule has 238 valence electrons.